The second-order valence-corrected chi connectivity index (χ2v) is 6.99. The van der Waals surface area contributed by atoms with E-state index in [9.17, 15) is 14.3 Å². The van der Waals surface area contributed by atoms with Crippen LogP contribution in [0.5, 0.6) is 0 Å². The minimum Gasteiger partial charge on any atom is -0.382 e. The van der Waals surface area contributed by atoms with Crippen LogP contribution in [-0.2, 0) is 4.79 Å². The molecule has 0 radical (unpaired) electrons. The number of likely N-dealkylation sites (tertiary alicyclic amines) is 1. The number of likely N-dealkylation sites (N-methyl/N-ethyl adjacent to an activating group) is 1. The van der Waals surface area contributed by atoms with Gasteiger partial charge < -0.3 is 25.2 Å². The van der Waals surface area contributed by atoms with E-state index in [0.29, 0.717) is 18.7 Å². The molecule has 1 aromatic carbocycles. The van der Waals surface area contributed by atoms with Crippen molar-refractivity contribution in [3.05, 3.63) is 29.7 Å². The van der Waals surface area contributed by atoms with Crippen LogP contribution in [-0.4, -0.2) is 71.3 Å². The van der Waals surface area contributed by atoms with Gasteiger partial charge in [0.05, 0.1) is 5.69 Å². The van der Waals surface area contributed by atoms with Gasteiger partial charge in [0.1, 0.15) is 11.9 Å². The Morgan fingerprint density at radius 2 is 2.22 bits per heavy atom. The molecule has 1 aliphatic heterocycles. The maximum atomic E-state index is 13.3. The van der Waals surface area contributed by atoms with Crippen LogP contribution >= 0.6 is 0 Å². The fraction of sp³-hybridized carbons (Fsp3) is 0.579. The molecular formula is C19H27FN4O3. The first-order chi connectivity index (χ1) is 13.0. The molecule has 2 aromatic rings. The summed E-state index contributed by atoms with van der Waals surface area (Å²) in [5, 5.41) is 14.7. The molecule has 0 bridgehead atoms. The minimum atomic E-state index is -1.12. The quantitative estimate of drug-likeness (QED) is 0.754. The largest absolute Gasteiger partial charge is 0.382 e. The van der Waals surface area contributed by atoms with E-state index >= 15 is 0 Å². The van der Waals surface area contributed by atoms with Gasteiger partial charge in [-0.1, -0.05) is 5.16 Å². The van der Waals surface area contributed by atoms with Crippen LogP contribution in [0.25, 0.3) is 11.0 Å². The van der Waals surface area contributed by atoms with Gasteiger partial charge in [-0.25, -0.2) is 4.39 Å². The molecule has 3 rings (SSSR count). The molecular weight excluding hydrogens is 351 g/mol. The topological polar surface area (TPSA) is 95.8 Å². The molecule has 0 spiro atoms. The van der Waals surface area contributed by atoms with Crippen molar-refractivity contribution in [1.82, 2.24) is 15.0 Å². The van der Waals surface area contributed by atoms with Crippen molar-refractivity contribution in [2.24, 2.45) is 5.73 Å². The zero-order valence-corrected chi connectivity index (χ0v) is 15.6. The van der Waals surface area contributed by atoms with Crippen molar-refractivity contribution < 1.29 is 18.8 Å². The molecule has 1 saturated heterocycles. The van der Waals surface area contributed by atoms with E-state index in [4.69, 9.17) is 10.3 Å². The average molecular weight is 378 g/mol. The van der Waals surface area contributed by atoms with Gasteiger partial charge in [0.25, 0.3) is 5.91 Å². The Morgan fingerprint density at radius 3 is 2.89 bits per heavy atom. The van der Waals surface area contributed by atoms with Crippen molar-refractivity contribution in [3.63, 3.8) is 0 Å². The molecule has 1 unspecified atom stereocenters. The summed E-state index contributed by atoms with van der Waals surface area (Å²) in [6.45, 7) is 5.50. The number of carbonyl (C=O) groups excluding carboxylic acids is 1. The molecule has 0 saturated carbocycles. The van der Waals surface area contributed by atoms with Gasteiger partial charge in [-0.15, -0.1) is 0 Å². The summed E-state index contributed by atoms with van der Waals surface area (Å²) in [5.74, 6) is -0.345. The van der Waals surface area contributed by atoms with E-state index in [0.717, 1.165) is 43.6 Å². The third kappa shape index (κ3) is 4.45. The number of piperidine rings is 1. The summed E-state index contributed by atoms with van der Waals surface area (Å²) in [6.07, 6.45) is 0.746. The first-order valence-corrected chi connectivity index (χ1v) is 9.47. The number of fused-ring (bicyclic) bond motifs is 1. The Kier molecular flexibility index (Phi) is 6.41. The molecule has 0 aliphatic carbocycles. The number of carbonyl (C=O) groups is 1. The smallest absolute Gasteiger partial charge is 0.252 e. The van der Waals surface area contributed by atoms with Crippen LogP contribution in [0.4, 0.5) is 4.39 Å². The number of nitrogens with two attached hydrogens (primary N) is 1. The van der Waals surface area contributed by atoms with Crippen LogP contribution in [0, 0.1) is 5.82 Å². The summed E-state index contributed by atoms with van der Waals surface area (Å²) < 4.78 is 18.6. The number of amides is 1. The second kappa shape index (κ2) is 8.77. The van der Waals surface area contributed by atoms with Gasteiger partial charge in [-0.2, -0.15) is 0 Å². The maximum absolute atomic E-state index is 13.3. The molecule has 2 heterocycles. The third-order valence-electron chi connectivity index (χ3n) is 5.32. The van der Waals surface area contributed by atoms with Crippen molar-refractivity contribution in [1.29, 1.82) is 0 Å². The lowest BCUT2D eigenvalue weighted by molar-refractivity contribution is -0.139. The number of aliphatic hydroxyl groups excluding tert-OH is 1. The number of benzene rings is 1. The van der Waals surface area contributed by atoms with Crippen LogP contribution in [0.15, 0.2) is 22.7 Å². The van der Waals surface area contributed by atoms with E-state index in [1.54, 1.807) is 11.0 Å². The second-order valence-electron chi connectivity index (χ2n) is 6.99. The number of hydrogen-bond donors (Lipinski definition) is 2. The Hall–Kier alpha value is -2.03. The summed E-state index contributed by atoms with van der Waals surface area (Å²) in [6, 6.07) is 4.54. The minimum absolute atomic E-state index is 0.0592. The lowest BCUT2D eigenvalue weighted by atomic mass is 9.91. The molecule has 8 heteroatoms. The summed E-state index contributed by atoms with van der Waals surface area (Å²) >= 11 is 0. The van der Waals surface area contributed by atoms with Crippen molar-refractivity contribution in [3.8, 4) is 0 Å². The summed E-state index contributed by atoms with van der Waals surface area (Å²) in [5.41, 5.74) is 6.76. The monoisotopic (exact) mass is 378 g/mol. The predicted molar refractivity (Wildman–Crippen MR) is 99.7 cm³/mol. The SMILES string of the molecule is CCN(CCN1CCC(c2noc3cc(F)ccc23)CC1)C(=O)C(O)CN. The highest BCUT2D eigenvalue weighted by Gasteiger charge is 2.26. The fourth-order valence-corrected chi connectivity index (χ4v) is 3.65. The third-order valence-corrected chi connectivity index (χ3v) is 5.32. The van der Waals surface area contributed by atoms with E-state index in [1.165, 1.54) is 12.1 Å². The lowest BCUT2D eigenvalue weighted by Crippen LogP contribution is -2.46. The van der Waals surface area contributed by atoms with Gasteiger partial charge in [-0.05, 0) is 45.0 Å². The van der Waals surface area contributed by atoms with Crippen molar-refractivity contribution in [2.75, 3.05) is 39.3 Å². The van der Waals surface area contributed by atoms with Gasteiger partial charge >= 0.3 is 0 Å². The molecule has 148 valence electrons. The molecule has 7 nitrogen and oxygen atoms in total. The standard InChI is InChI=1S/C19H27FN4O3/c1-2-24(19(26)16(25)12-21)10-9-23-7-5-13(6-8-23)18-15-4-3-14(20)11-17(15)27-22-18/h3-4,11,13,16,25H,2,5-10,12,21H2,1H3. The first kappa shape index (κ1) is 19.7. The normalized spacial score (nSPS) is 17.3. The molecule has 1 aromatic heterocycles. The molecule has 1 atom stereocenters. The Bertz CT molecular complexity index is 773. The van der Waals surface area contributed by atoms with E-state index in [2.05, 4.69) is 10.1 Å². The van der Waals surface area contributed by atoms with E-state index in [-0.39, 0.29) is 24.2 Å². The highest BCUT2D eigenvalue weighted by atomic mass is 19.1. The Balaban J connectivity index is 1.53. The van der Waals surface area contributed by atoms with Gasteiger partial charge in [-0.3, -0.25) is 4.79 Å². The van der Waals surface area contributed by atoms with Crippen LogP contribution < -0.4 is 5.73 Å². The molecule has 1 aliphatic rings. The fourth-order valence-electron chi connectivity index (χ4n) is 3.65. The van der Waals surface area contributed by atoms with Crippen molar-refractivity contribution in [2.45, 2.75) is 31.8 Å². The van der Waals surface area contributed by atoms with Crippen LogP contribution in [0.1, 0.15) is 31.4 Å². The number of halogens is 1. The van der Waals surface area contributed by atoms with Crippen LogP contribution in [0.2, 0.25) is 0 Å². The van der Waals surface area contributed by atoms with Gasteiger partial charge in [0.15, 0.2) is 5.58 Å². The zero-order chi connectivity index (χ0) is 19.4. The number of aromatic nitrogens is 1. The molecule has 1 fully saturated rings. The Labute approximate surface area is 157 Å². The maximum Gasteiger partial charge on any atom is 0.252 e. The molecule has 27 heavy (non-hydrogen) atoms. The Morgan fingerprint density at radius 1 is 1.48 bits per heavy atom. The van der Waals surface area contributed by atoms with E-state index < -0.39 is 6.10 Å². The van der Waals surface area contributed by atoms with Gasteiger partial charge in [0, 0.05) is 43.5 Å². The zero-order valence-electron chi connectivity index (χ0n) is 15.6. The number of rotatable bonds is 7. The first-order valence-electron chi connectivity index (χ1n) is 9.47. The number of nitrogens with zero attached hydrogens (tertiary/aromatic N) is 3. The number of hydrogen-bond acceptors (Lipinski definition) is 6. The highest BCUT2D eigenvalue weighted by molar-refractivity contribution is 5.81. The van der Waals surface area contributed by atoms with Gasteiger partial charge in [0.2, 0.25) is 0 Å². The highest BCUT2D eigenvalue weighted by Crippen LogP contribution is 2.32. The lowest BCUT2D eigenvalue weighted by Gasteiger charge is -2.33. The molecule has 3 N–H and O–H groups in total. The van der Waals surface area contributed by atoms with E-state index in [1.807, 2.05) is 6.92 Å². The van der Waals surface area contributed by atoms with Crippen LogP contribution in [0.3, 0.4) is 0 Å². The summed E-state index contributed by atoms with van der Waals surface area (Å²) in [4.78, 5) is 16.0. The average Bonchev–Trinajstić information content (AvgIpc) is 3.11. The number of aliphatic hydroxyl groups is 1. The molecule has 1 amide bonds. The summed E-state index contributed by atoms with van der Waals surface area (Å²) in [7, 11) is 0. The predicted octanol–water partition coefficient (Wildman–Crippen LogP) is 1.31. The van der Waals surface area contributed by atoms with Crippen molar-refractivity contribution >= 4 is 16.9 Å².